The Morgan fingerprint density at radius 3 is 2.80 bits per heavy atom. The van der Waals surface area contributed by atoms with Gasteiger partial charge in [-0.25, -0.2) is 8.42 Å². The van der Waals surface area contributed by atoms with Gasteiger partial charge in [-0.1, -0.05) is 12.1 Å². The molecule has 1 aliphatic heterocycles. The first-order valence-electron chi connectivity index (χ1n) is 8.14. The summed E-state index contributed by atoms with van der Waals surface area (Å²) < 4.78 is 32.0. The van der Waals surface area contributed by atoms with Crippen LogP contribution in [0, 0.1) is 0 Å². The molecule has 2 aromatic heterocycles. The van der Waals surface area contributed by atoms with Crippen molar-refractivity contribution in [3.8, 4) is 0 Å². The summed E-state index contributed by atoms with van der Waals surface area (Å²) in [5, 5.41) is 8.14. The van der Waals surface area contributed by atoms with Crippen molar-refractivity contribution < 1.29 is 17.7 Å². The molecule has 1 amide bonds. The number of aryl methyl sites for hydroxylation is 1. The normalized spacial score (nSPS) is 16.9. The average molecular weight is 384 g/mol. The smallest absolute Gasteiger partial charge is 0.263 e. The van der Waals surface area contributed by atoms with E-state index in [1.807, 2.05) is 6.92 Å². The maximum atomic E-state index is 12.7. The Morgan fingerprint density at radius 2 is 2.16 bits per heavy atom. The molecule has 1 saturated heterocycles. The highest BCUT2D eigenvalue weighted by molar-refractivity contribution is 7.89. The largest absolute Gasteiger partial charge is 0.340 e. The molecule has 1 N–H and O–H groups in total. The van der Waals surface area contributed by atoms with Crippen LogP contribution in [0.5, 0.6) is 0 Å². The summed E-state index contributed by atoms with van der Waals surface area (Å²) in [4.78, 5) is 17.0. The lowest BCUT2D eigenvalue weighted by atomic mass is 10.3. The predicted octanol–water partition coefficient (Wildman–Crippen LogP) is 1.97. The maximum absolute atomic E-state index is 12.7. The second kappa shape index (κ2) is 7.22. The molecule has 0 radical (unpaired) electrons. The van der Waals surface area contributed by atoms with Crippen molar-refractivity contribution in [2.45, 2.75) is 44.0 Å². The predicted molar refractivity (Wildman–Crippen MR) is 91.9 cm³/mol. The summed E-state index contributed by atoms with van der Waals surface area (Å²) in [6.45, 7) is 4.61. The third kappa shape index (κ3) is 3.60. The molecule has 2 aromatic rings. The van der Waals surface area contributed by atoms with E-state index in [1.54, 1.807) is 12.3 Å². The Morgan fingerprint density at radius 1 is 1.44 bits per heavy atom. The Labute approximate surface area is 150 Å². The highest BCUT2D eigenvalue weighted by Gasteiger charge is 2.32. The van der Waals surface area contributed by atoms with E-state index in [2.05, 4.69) is 15.5 Å². The summed E-state index contributed by atoms with van der Waals surface area (Å²) in [6, 6.07) is 0.976. The molecule has 1 unspecified atom stereocenters. The number of sulfonamides is 1. The summed E-state index contributed by atoms with van der Waals surface area (Å²) in [5.41, 5.74) is 0. The molecule has 0 saturated carbocycles. The van der Waals surface area contributed by atoms with Crippen LogP contribution in [0.2, 0.25) is 0 Å². The van der Waals surface area contributed by atoms with E-state index >= 15 is 0 Å². The summed E-state index contributed by atoms with van der Waals surface area (Å²) in [5.74, 6) is 0.395. The van der Waals surface area contributed by atoms with Crippen molar-refractivity contribution >= 4 is 27.3 Å². The molecular weight excluding hydrogens is 364 g/mol. The van der Waals surface area contributed by atoms with Crippen LogP contribution in [0.15, 0.2) is 20.9 Å². The van der Waals surface area contributed by atoms with Crippen molar-refractivity contribution in [1.82, 2.24) is 19.8 Å². The molecule has 0 bridgehead atoms. The van der Waals surface area contributed by atoms with Gasteiger partial charge in [0.2, 0.25) is 15.9 Å². The lowest BCUT2D eigenvalue weighted by Crippen LogP contribution is -2.31. The molecule has 3 heterocycles. The van der Waals surface area contributed by atoms with Gasteiger partial charge in [0.25, 0.3) is 5.91 Å². The zero-order valence-corrected chi connectivity index (χ0v) is 15.7. The number of aromatic nitrogens is 2. The number of nitrogens with zero attached hydrogens (tertiary/aromatic N) is 3. The third-order valence-electron chi connectivity index (χ3n) is 4.04. The Bertz CT molecular complexity index is 853. The molecule has 136 valence electrons. The number of hydrogen-bond donors (Lipinski definition) is 1. The first kappa shape index (κ1) is 18.0. The van der Waals surface area contributed by atoms with Gasteiger partial charge in [-0.15, -0.1) is 11.3 Å². The van der Waals surface area contributed by atoms with Gasteiger partial charge in [0.15, 0.2) is 5.82 Å². The molecule has 0 aromatic carbocycles. The highest BCUT2D eigenvalue weighted by atomic mass is 32.2. The van der Waals surface area contributed by atoms with E-state index in [0.717, 1.165) is 24.2 Å². The van der Waals surface area contributed by atoms with Crippen molar-refractivity contribution in [3.63, 3.8) is 0 Å². The minimum atomic E-state index is -3.64. The molecule has 3 rings (SSSR count). The van der Waals surface area contributed by atoms with E-state index in [4.69, 9.17) is 4.52 Å². The Hall–Kier alpha value is -1.78. The van der Waals surface area contributed by atoms with Crippen LogP contribution in [0.3, 0.4) is 0 Å². The van der Waals surface area contributed by atoms with Crippen molar-refractivity contribution in [2.75, 3.05) is 13.1 Å². The van der Waals surface area contributed by atoms with Crippen LogP contribution in [-0.2, 0) is 16.4 Å². The fourth-order valence-electron chi connectivity index (χ4n) is 2.64. The van der Waals surface area contributed by atoms with Crippen LogP contribution in [0.4, 0.5) is 0 Å². The fraction of sp³-hybridized carbons (Fsp3) is 0.533. The lowest BCUT2D eigenvalue weighted by molar-refractivity contribution is 0.0933. The van der Waals surface area contributed by atoms with Gasteiger partial charge in [-0.2, -0.15) is 9.29 Å². The molecule has 10 heteroatoms. The van der Waals surface area contributed by atoms with Crippen LogP contribution in [0.1, 0.15) is 54.1 Å². The zero-order chi connectivity index (χ0) is 18.0. The minimum Gasteiger partial charge on any atom is -0.340 e. The molecular formula is C15H20N4O4S2. The molecule has 25 heavy (non-hydrogen) atoms. The van der Waals surface area contributed by atoms with Crippen LogP contribution >= 0.6 is 11.3 Å². The van der Waals surface area contributed by atoms with Crippen LogP contribution < -0.4 is 5.32 Å². The standard InChI is InChI=1S/C15H20N4O4S2/c1-3-12-17-15(23-18-12)10(2)16-14(20)13-11(6-9-24-13)25(21,22)19-7-4-5-8-19/h6,9-10H,3-5,7-8H2,1-2H3,(H,16,20). The molecule has 0 spiro atoms. The average Bonchev–Trinajstić information content (AvgIpc) is 3.35. The van der Waals surface area contributed by atoms with Gasteiger partial charge < -0.3 is 9.84 Å². The molecule has 0 aliphatic carbocycles. The van der Waals surface area contributed by atoms with Gasteiger partial charge in [0.1, 0.15) is 15.8 Å². The monoisotopic (exact) mass is 384 g/mol. The first-order chi connectivity index (χ1) is 11.9. The second-order valence-electron chi connectivity index (χ2n) is 5.82. The van der Waals surface area contributed by atoms with E-state index < -0.39 is 22.0 Å². The molecule has 8 nitrogen and oxygen atoms in total. The quantitative estimate of drug-likeness (QED) is 0.816. The summed E-state index contributed by atoms with van der Waals surface area (Å²) >= 11 is 1.11. The SMILES string of the molecule is CCc1noc(C(C)NC(=O)c2sccc2S(=O)(=O)N2CCCC2)n1. The number of nitrogens with one attached hydrogen (secondary N) is 1. The first-order valence-corrected chi connectivity index (χ1v) is 10.5. The van der Waals surface area contributed by atoms with E-state index in [1.165, 1.54) is 10.4 Å². The lowest BCUT2D eigenvalue weighted by Gasteiger charge is -2.16. The van der Waals surface area contributed by atoms with E-state index in [-0.39, 0.29) is 9.77 Å². The number of amides is 1. The maximum Gasteiger partial charge on any atom is 0.263 e. The van der Waals surface area contributed by atoms with E-state index in [0.29, 0.717) is 31.2 Å². The van der Waals surface area contributed by atoms with Gasteiger partial charge in [-0.05, 0) is 31.2 Å². The fourth-order valence-corrected chi connectivity index (χ4v) is 5.47. The zero-order valence-electron chi connectivity index (χ0n) is 14.1. The Kier molecular flexibility index (Phi) is 5.21. The number of carbonyl (C=O) groups is 1. The number of hydrogen-bond acceptors (Lipinski definition) is 7. The van der Waals surface area contributed by atoms with Crippen LogP contribution in [0.25, 0.3) is 0 Å². The van der Waals surface area contributed by atoms with E-state index in [9.17, 15) is 13.2 Å². The number of carbonyl (C=O) groups excluding carboxylic acids is 1. The van der Waals surface area contributed by atoms with Crippen LogP contribution in [-0.4, -0.2) is 41.9 Å². The van der Waals surface area contributed by atoms with Crippen molar-refractivity contribution in [1.29, 1.82) is 0 Å². The Balaban J connectivity index is 1.78. The van der Waals surface area contributed by atoms with Gasteiger partial charge in [-0.3, -0.25) is 4.79 Å². The number of rotatable bonds is 6. The minimum absolute atomic E-state index is 0.0591. The van der Waals surface area contributed by atoms with Gasteiger partial charge >= 0.3 is 0 Å². The topological polar surface area (TPSA) is 105 Å². The number of thiophene rings is 1. The van der Waals surface area contributed by atoms with Crippen molar-refractivity contribution in [3.05, 3.63) is 28.0 Å². The van der Waals surface area contributed by atoms with Crippen molar-refractivity contribution in [2.24, 2.45) is 0 Å². The third-order valence-corrected chi connectivity index (χ3v) is 7.02. The van der Waals surface area contributed by atoms with Gasteiger partial charge in [0, 0.05) is 19.5 Å². The molecule has 1 fully saturated rings. The highest BCUT2D eigenvalue weighted by Crippen LogP contribution is 2.28. The van der Waals surface area contributed by atoms with Gasteiger partial charge in [0.05, 0.1) is 0 Å². The molecule has 1 aliphatic rings. The molecule has 1 atom stereocenters. The summed E-state index contributed by atoms with van der Waals surface area (Å²) in [6.07, 6.45) is 2.32. The summed E-state index contributed by atoms with van der Waals surface area (Å²) in [7, 11) is -3.64. The second-order valence-corrected chi connectivity index (χ2v) is 8.65.